The summed E-state index contributed by atoms with van der Waals surface area (Å²) in [5, 5.41) is 5.85. The normalized spacial score (nSPS) is 15.7. The molecule has 5 heteroatoms. The summed E-state index contributed by atoms with van der Waals surface area (Å²) in [6.45, 7) is 0.311. The maximum Gasteiger partial charge on any atom is 0.244 e. The number of methoxy groups -OCH3 is 1. The number of hydrogen-bond acceptors (Lipinski definition) is 3. The van der Waals surface area contributed by atoms with E-state index in [0.29, 0.717) is 6.54 Å². The molecule has 146 valence electrons. The van der Waals surface area contributed by atoms with Crippen molar-refractivity contribution >= 4 is 17.9 Å². The van der Waals surface area contributed by atoms with Gasteiger partial charge in [0.25, 0.3) is 0 Å². The van der Waals surface area contributed by atoms with Gasteiger partial charge in [-0.15, -0.1) is 0 Å². The summed E-state index contributed by atoms with van der Waals surface area (Å²) in [6.07, 6.45) is 6.57. The second-order valence-electron chi connectivity index (χ2n) is 6.86. The molecule has 2 amide bonds. The van der Waals surface area contributed by atoms with Crippen LogP contribution < -0.4 is 15.4 Å². The molecule has 2 N–H and O–H groups in total. The van der Waals surface area contributed by atoms with Crippen LogP contribution in [-0.4, -0.2) is 25.5 Å². The molecule has 5 nitrogen and oxygen atoms in total. The number of ether oxygens (including phenoxy) is 1. The van der Waals surface area contributed by atoms with Gasteiger partial charge < -0.3 is 15.4 Å². The van der Waals surface area contributed by atoms with Gasteiger partial charge in [0.05, 0.1) is 13.2 Å². The van der Waals surface area contributed by atoms with Crippen molar-refractivity contribution in [2.75, 3.05) is 13.7 Å². The predicted octanol–water partition coefficient (Wildman–Crippen LogP) is 3.41. The van der Waals surface area contributed by atoms with Crippen LogP contribution >= 0.6 is 0 Å². The number of carbonyl (C=O) groups excluding carboxylic acids is 2. The molecule has 0 spiro atoms. The van der Waals surface area contributed by atoms with Crippen molar-refractivity contribution in [1.29, 1.82) is 0 Å². The zero-order valence-corrected chi connectivity index (χ0v) is 16.1. The van der Waals surface area contributed by atoms with Crippen molar-refractivity contribution in [2.24, 2.45) is 0 Å². The zero-order valence-electron chi connectivity index (χ0n) is 16.1. The van der Waals surface area contributed by atoms with Crippen molar-refractivity contribution in [2.45, 2.75) is 31.7 Å². The van der Waals surface area contributed by atoms with Gasteiger partial charge in [-0.3, -0.25) is 9.59 Å². The average molecular weight is 378 g/mol. The summed E-state index contributed by atoms with van der Waals surface area (Å²) < 4.78 is 5.10. The molecule has 1 atom stereocenters. The molecule has 1 aliphatic carbocycles. The van der Waals surface area contributed by atoms with Crippen LogP contribution in [0.4, 0.5) is 0 Å². The second kappa shape index (κ2) is 9.74. The monoisotopic (exact) mass is 378 g/mol. The minimum atomic E-state index is -0.216. The largest absolute Gasteiger partial charge is 0.497 e. The first kappa shape index (κ1) is 19.7. The van der Waals surface area contributed by atoms with Gasteiger partial charge in [-0.05, 0) is 54.2 Å². The summed E-state index contributed by atoms with van der Waals surface area (Å²) in [6, 6.07) is 15.8. The Morgan fingerprint density at radius 1 is 1.14 bits per heavy atom. The molecule has 1 aliphatic rings. The Labute approximate surface area is 165 Å². The fourth-order valence-electron chi connectivity index (χ4n) is 3.42. The van der Waals surface area contributed by atoms with Crippen LogP contribution in [0.15, 0.2) is 54.6 Å². The molecule has 2 aromatic carbocycles. The highest BCUT2D eigenvalue weighted by atomic mass is 16.5. The topological polar surface area (TPSA) is 67.4 Å². The third-order valence-electron chi connectivity index (χ3n) is 4.90. The SMILES string of the molecule is COc1ccc(/C=C/C(=O)NCCC(=O)N[C@@H]2CCCc3ccccc32)cc1. The standard InChI is InChI=1S/C23H26N2O3/c1-28-19-12-9-17(10-13-19)11-14-22(26)24-16-15-23(27)25-21-8-4-6-18-5-2-3-7-20(18)21/h2-3,5,7,9-14,21H,4,6,8,15-16H2,1H3,(H,24,26)(H,25,27)/b14-11+/t21-/m1/s1. The van der Waals surface area contributed by atoms with Crippen LogP contribution in [0.2, 0.25) is 0 Å². The Hall–Kier alpha value is -3.08. The fourth-order valence-corrected chi connectivity index (χ4v) is 3.42. The highest BCUT2D eigenvalue weighted by molar-refractivity contribution is 5.92. The van der Waals surface area contributed by atoms with Gasteiger partial charge in [-0.25, -0.2) is 0 Å². The van der Waals surface area contributed by atoms with Crippen LogP contribution in [0, 0.1) is 0 Å². The Kier molecular flexibility index (Phi) is 6.84. The zero-order chi connectivity index (χ0) is 19.8. The number of nitrogens with one attached hydrogen (secondary N) is 2. The molecule has 0 bridgehead atoms. The van der Waals surface area contributed by atoms with E-state index in [0.717, 1.165) is 30.6 Å². The summed E-state index contributed by atoms with van der Waals surface area (Å²) in [5.74, 6) is 0.515. The van der Waals surface area contributed by atoms with E-state index in [-0.39, 0.29) is 24.3 Å². The van der Waals surface area contributed by atoms with Crippen LogP contribution in [0.1, 0.15) is 42.0 Å². The van der Waals surface area contributed by atoms with Crippen molar-refractivity contribution < 1.29 is 14.3 Å². The van der Waals surface area contributed by atoms with Gasteiger partial charge in [0.2, 0.25) is 11.8 Å². The molecule has 28 heavy (non-hydrogen) atoms. The maximum absolute atomic E-state index is 12.3. The quantitative estimate of drug-likeness (QED) is 0.726. The molecule has 0 radical (unpaired) electrons. The van der Waals surface area contributed by atoms with Crippen molar-refractivity contribution in [3.05, 3.63) is 71.3 Å². The lowest BCUT2D eigenvalue weighted by Crippen LogP contribution is -2.33. The highest BCUT2D eigenvalue weighted by Gasteiger charge is 2.21. The van der Waals surface area contributed by atoms with Gasteiger partial charge in [-0.1, -0.05) is 36.4 Å². The second-order valence-corrected chi connectivity index (χ2v) is 6.86. The molecule has 0 aliphatic heterocycles. The smallest absolute Gasteiger partial charge is 0.244 e. The number of carbonyl (C=O) groups is 2. The van der Waals surface area contributed by atoms with Crippen LogP contribution in [0.25, 0.3) is 6.08 Å². The van der Waals surface area contributed by atoms with Gasteiger partial charge in [0, 0.05) is 19.0 Å². The van der Waals surface area contributed by atoms with Gasteiger partial charge in [-0.2, -0.15) is 0 Å². The molecular formula is C23H26N2O3. The van der Waals surface area contributed by atoms with E-state index in [1.54, 1.807) is 13.2 Å². The van der Waals surface area contributed by atoms with Crippen molar-refractivity contribution in [3.8, 4) is 5.75 Å². The highest BCUT2D eigenvalue weighted by Crippen LogP contribution is 2.29. The van der Waals surface area contributed by atoms with E-state index >= 15 is 0 Å². The van der Waals surface area contributed by atoms with Crippen LogP contribution in [0.5, 0.6) is 5.75 Å². The van der Waals surface area contributed by atoms with E-state index in [1.807, 2.05) is 36.4 Å². The van der Waals surface area contributed by atoms with E-state index in [2.05, 4.69) is 22.8 Å². The minimum Gasteiger partial charge on any atom is -0.497 e. The third kappa shape index (κ3) is 5.46. The van der Waals surface area contributed by atoms with Crippen molar-refractivity contribution in [3.63, 3.8) is 0 Å². The van der Waals surface area contributed by atoms with Gasteiger partial charge in [0.1, 0.15) is 5.75 Å². The molecule has 3 rings (SSSR count). The van der Waals surface area contributed by atoms with Gasteiger partial charge >= 0.3 is 0 Å². The third-order valence-corrected chi connectivity index (χ3v) is 4.90. The van der Waals surface area contributed by atoms with E-state index in [1.165, 1.54) is 17.2 Å². The molecule has 0 fully saturated rings. The van der Waals surface area contributed by atoms with Gasteiger partial charge in [0.15, 0.2) is 0 Å². The maximum atomic E-state index is 12.3. The first-order valence-electron chi connectivity index (χ1n) is 9.63. The number of amides is 2. The predicted molar refractivity (Wildman–Crippen MR) is 110 cm³/mol. The van der Waals surface area contributed by atoms with Crippen molar-refractivity contribution in [1.82, 2.24) is 10.6 Å². The number of hydrogen-bond donors (Lipinski definition) is 2. The minimum absolute atomic E-state index is 0.0406. The number of aryl methyl sites for hydroxylation is 1. The fraction of sp³-hybridized carbons (Fsp3) is 0.304. The Morgan fingerprint density at radius 2 is 1.93 bits per heavy atom. The lowest BCUT2D eigenvalue weighted by Gasteiger charge is -2.26. The average Bonchev–Trinajstić information content (AvgIpc) is 2.73. The summed E-state index contributed by atoms with van der Waals surface area (Å²) in [4.78, 5) is 24.2. The van der Waals surface area contributed by atoms with E-state index in [9.17, 15) is 9.59 Å². The number of benzene rings is 2. The van der Waals surface area contributed by atoms with Crippen LogP contribution in [-0.2, 0) is 16.0 Å². The number of fused-ring (bicyclic) bond motifs is 1. The molecule has 2 aromatic rings. The van der Waals surface area contributed by atoms with Crippen LogP contribution in [0.3, 0.4) is 0 Å². The molecule has 0 unspecified atom stereocenters. The van der Waals surface area contributed by atoms with E-state index < -0.39 is 0 Å². The number of rotatable bonds is 7. The molecule has 0 saturated heterocycles. The molecular weight excluding hydrogens is 352 g/mol. The first-order chi connectivity index (χ1) is 13.7. The first-order valence-corrected chi connectivity index (χ1v) is 9.63. The lowest BCUT2D eigenvalue weighted by atomic mass is 9.88. The Morgan fingerprint density at radius 3 is 2.71 bits per heavy atom. The molecule has 0 heterocycles. The molecule has 0 saturated carbocycles. The summed E-state index contributed by atoms with van der Waals surface area (Å²) >= 11 is 0. The Balaban J connectivity index is 1.41. The molecule has 0 aromatic heterocycles. The summed E-state index contributed by atoms with van der Waals surface area (Å²) in [5.41, 5.74) is 3.44. The lowest BCUT2D eigenvalue weighted by molar-refractivity contribution is -0.122. The summed E-state index contributed by atoms with van der Waals surface area (Å²) in [7, 11) is 1.61. The Bertz CT molecular complexity index is 843. The van der Waals surface area contributed by atoms with E-state index in [4.69, 9.17) is 4.74 Å².